The van der Waals surface area contributed by atoms with Gasteiger partial charge in [-0.25, -0.2) is 4.18 Å². The molecule has 0 aromatic rings. The van der Waals surface area contributed by atoms with Crippen LogP contribution in [-0.2, 0) is 28.9 Å². The summed E-state index contributed by atoms with van der Waals surface area (Å²) in [6.07, 6.45) is 17.4. The molecule has 0 bridgehead atoms. The molecule has 7 N–H and O–H groups in total. The number of aliphatic hydroxyl groups excluding tert-OH is 5. The van der Waals surface area contributed by atoms with Crippen LogP contribution in [0, 0.1) is 0 Å². The molecular formula is C39H77NO12S. The first-order valence-corrected chi connectivity index (χ1v) is 22.4. The Hall–Kier alpha value is -0.940. The van der Waals surface area contributed by atoms with Gasteiger partial charge in [-0.15, -0.1) is 0 Å². The van der Waals surface area contributed by atoms with Gasteiger partial charge in [-0.2, -0.15) is 8.42 Å². The Morgan fingerprint density at radius 2 is 1.09 bits per heavy atom. The van der Waals surface area contributed by atoms with Gasteiger partial charge in [-0.1, -0.05) is 168 Å². The van der Waals surface area contributed by atoms with Gasteiger partial charge in [-0.05, 0) is 12.8 Å². The van der Waals surface area contributed by atoms with E-state index in [0.29, 0.717) is 19.3 Å². The molecule has 0 aromatic carbocycles. The van der Waals surface area contributed by atoms with Gasteiger partial charge in [0.25, 0.3) is 0 Å². The van der Waals surface area contributed by atoms with E-state index >= 15 is 0 Å². The highest BCUT2D eigenvalue weighted by atomic mass is 32.3. The predicted octanol–water partition coefficient (Wildman–Crippen LogP) is 6.02. The zero-order valence-electron chi connectivity index (χ0n) is 33.0. The zero-order valence-corrected chi connectivity index (χ0v) is 33.8. The average Bonchev–Trinajstić information content (AvgIpc) is 3.12. The van der Waals surface area contributed by atoms with Gasteiger partial charge in [0.05, 0.1) is 25.4 Å². The lowest BCUT2D eigenvalue weighted by molar-refractivity contribution is -0.298. The van der Waals surface area contributed by atoms with E-state index in [9.17, 15) is 38.7 Å². The van der Waals surface area contributed by atoms with Crippen LogP contribution in [0.3, 0.4) is 0 Å². The normalized spacial score (nSPS) is 22.5. The van der Waals surface area contributed by atoms with Gasteiger partial charge in [0, 0.05) is 0 Å². The molecule has 1 saturated heterocycles. The third kappa shape index (κ3) is 24.3. The molecule has 1 fully saturated rings. The van der Waals surface area contributed by atoms with Crippen molar-refractivity contribution >= 4 is 16.3 Å². The highest BCUT2D eigenvalue weighted by Gasteiger charge is 2.48. The molecular weight excluding hydrogens is 706 g/mol. The van der Waals surface area contributed by atoms with Gasteiger partial charge in [-0.3, -0.25) is 9.35 Å². The van der Waals surface area contributed by atoms with E-state index in [0.717, 1.165) is 38.5 Å². The van der Waals surface area contributed by atoms with Crippen LogP contribution in [0.2, 0.25) is 0 Å². The number of carbonyl (C=O) groups excluding carboxylic acids is 1. The van der Waals surface area contributed by atoms with E-state index in [1.165, 1.54) is 103 Å². The smallest absolute Gasteiger partial charge is 0.394 e. The van der Waals surface area contributed by atoms with E-state index in [1.54, 1.807) is 0 Å². The Bertz CT molecular complexity index is 990. The molecule has 0 radical (unpaired) electrons. The molecule has 8 atom stereocenters. The third-order valence-corrected chi connectivity index (χ3v) is 10.7. The van der Waals surface area contributed by atoms with Crippen molar-refractivity contribution in [2.45, 2.75) is 230 Å². The summed E-state index contributed by atoms with van der Waals surface area (Å²) in [5, 5.41) is 55.0. The van der Waals surface area contributed by atoms with E-state index in [-0.39, 0.29) is 6.42 Å². The molecule has 1 amide bonds. The second-order valence-corrected chi connectivity index (χ2v) is 16.1. The molecule has 1 rings (SSSR count). The number of carbonyl (C=O) groups is 1. The van der Waals surface area contributed by atoms with Gasteiger partial charge in [0.2, 0.25) is 5.91 Å². The highest BCUT2D eigenvalue weighted by molar-refractivity contribution is 7.80. The second-order valence-electron chi connectivity index (χ2n) is 15.1. The Balaban J connectivity index is 2.59. The SMILES string of the molecule is CCCCCCCCCCCCCCCCCCC(O)C(COC1OC(CO)C(O)C(OS(=O)(=O)O)C1O)NC(=O)C(O)CCCCCCCCCC. The lowest BCUT2D eigenvalue weighted by atomic mass is 9.99. The molecule has 13 nitrogen and oxygen atoms in total. The summed E-state index contributed by atoms with van der Waals surface area (Å²) in [6, 6.07) is -1.02. The number of hydrogen-bond donors (Lipinski definition) is 7. The molecule has 53 heavy (non-hydrogen) atoms. The maximum atomic E-state index is 13.0. The van der Waals surface area contributed by atoms with Crippen LogP contribution in [0.1, 0.15) is 181 Å². The summed E-state index contributed by atoms with van der Waals surface area (Å²) in [7, 11) is -5.10. The maximum absolute atomic E-state index is 13.0. The summed E-state index contributed by atoms with van der Waals surface area (Å²) in [5.41, 5.74) is 0. The van der Waals surface area contributed by atoms with Crippen molar-refractivity contribution in [3.8, 4) is 0 Å². The van der Waals surface area contributed by atoms with Crippen LogP contribution in [-0.4, -0.2) is 107 Å². The fraction of sp³-hybridized carbons (Fsp3) is 0.974. The van der Waals surface area contributed by atoms with Crippen LogP contribution < -0.4 is 5.32 Å². The first-order valence-electron chi connectivity index (χ1n) is 21.0. The highest BCUT2D eigenvalue weighted by Crippen LogP contribution is 2.26. The maximum Gasteiger partial charge on any atom is 0.397 e. The van der Waals surface area contributed by atoms with Gasteiger partial charge in [0.1, 0.15) is 30.5 Å². The Morgan fingerprint density at radius 1 is 0.679 bits per heavy atom. The van der Waals surface area contributed by atoms with E-state index < -0.39 is 78.5 Å². The number of rotatable bonds is 35. The van der Waals surface area contributed by atoms with Crippen LogP contribution in [0.15, 0.2) is 0 Å². The Kier molecular flexibility index (Phi) is 29.5. The zero-order chi connectivity index (χ0) is 39.3. The summed E-state index contributed by atoms with van der Waals surface area (Å²) in [5.74, 6) is -0.672. The molecule has 1 aliphatic heterocycles. The minimum Gasteiger partial charge on any atom is -0.394 e. The minimum absolute atomic E-state index is 0.263. The summed E-state index contributed by atoms with van der Waals surface area (Å²) < 4.78 is 47.4. The fourth-order valence-corrected chi connectivity index (χ4v) is 7.39. The first kappa shape index (κ1) is 50.1. The van der Waals surface area contributed by atoms with E-state index in [2.05, 4.69) is 23.3 Å². The van der Waals surface area contributed by atoms with Crippen molar-refractivity contribution in [3.05, 3.63) is 0 Å². The lowest BCUT2D eigenvalue weighted by Gasteiger charge is -2.41. The topological polar surface area (TPSA) is 212 Å². The molecule has 1 heterocycles. The monoisotopic (exact) mass is 784 g/mol. The van der Waals surface area contributed by atoms with Crippen LogP contribution in [0.4, 0.5) is 0 Å². The lowest BCUT2D eigenvalue weighted by Crippen LogP contribution is -2.61. The summed E-state index contributed by atoms with van der Waals surface area (Å²) in [6.45, 7) is 3.22. The summed E-state index contributed by atoms with van der Waals surface area (Å²) in [4.78, 5) is 13.0. The van der Waals surface area contributed by atoms with E-state index in [4.69, 9.17) is 14.0 Å². The van der Waals surface area contributed by atoms with Crippen molar-refractivity contribution in [1.82, 2.24) is 5.32 Å². The van der Waals surface area contributed by atoms with E-state index in [1.807, 2.05) is 0 Å². The molecule has 0 aromatic heterocycles. The number of nitrogens with one attached hydrogen (secondary N) is 1. The predicted molar refractivity (Wildman–Crippen MR) is 205 cm³/mol. The van der Waals surface area contributed by atoms with Crippen LogP contribution >= 0.6 is 0 Å². The molecule has 316 valence electrons. The Morgan fingerprint density at radius 3 is 1.51 bits per heavy atom. The molecule has 1 aliphatic rings. The first-order chi connectivity index (χ1) is 25.4. The second kappa shape index (κ2) is 31.2. The molecule has 0 aliphatic carbocycles. The third-order valence-electron chi connectivity index (χ3n) is 10.3. The average molecular weight is 784 g/mol. The van der Waals surface area contributed by atoms with Crippen molar-refractivity contribution in [3.63, 3.8) is 0 Å². The minimum atomic E-state index is -5.10. The van der Waals surface area contributed by atoms with Gasteiger partial charge in [0.15, 0.2) is 6.29 Å². The van der Waals surface area contributed by atoms with Gasteiger partial charge >= 0.3 is 10.4 Å². The number of aliphatic hydroxyl groups is 5. The van der Waals surface area contributed by atoms with Crippen LogP contribution in [0.25, 0.3) is 0 Å². The number of unbranched alkanes of at least 4 members (excludes halogenated alkanes) is 22. The van der Waals surface area contributed by atoms with Crippen molar-refractivity contribution in [1.29, 1.82) is 0 Å². The number of hydrogen-bond acceptors (Lipinski definition) is 11. The largest absolute Gasteiger partial charge is 0.397 e. The molecule has 8 unspecified atom stereocenters. The fourth-order valence-electron chi connectivity index (χ4n) is 6.88. The van der Waals surface area contributed by atoms with Crippen molar-refractivity contribution < 1.29 is 57.0 Å². The standard InChI is InChI=1S/C39H77NO12S/c1-3-5-7-9-11-13-14-15-16-17-18-19-20-22-23-25-27-32(42)31(40-38(46)33(43)28-26-24-21-12-10-8-6-4-2)30-50-39-36(45)37(52-53(47,48)49)35(44)34(29-41)51-39/h31-37,39,41-45H,3-30H2,1-2H3,(H,40,46)(H,47,48,49). The summed E-state index contributed by atoms with van der Waals surface area (Å²) >= 11 is 0. The van der Waals surface area contributed by atoms with Crippen molar-refractivity contribution in [2.24, 2.45) is 0 Å². The van der Waals surface area contributed by atoms with Crippen molar-refractivity contribution in [2.75, 3.05) is 13.2 Å². The molecule has 0 saturated carbocycles. The van der Waals surface area contributed by atoms with Gasteiger partial charge < -0.3 is 40.3 Å². The molecule has 14 heteroatoms. The number of ether oxygens (including phenoxy) is 2. The molecule has 0 spiro atoms. The quantitative estimate of drug-likeness (QED) is 0.0291. The number of amides is 1. The van der Waals surface area contributed by atoms with Crippen LogP contribution in [0.5, 0.6) is 0 Å². The Labute approximate surface area is 320 Å².